The van der Waals surface area contributed by atoms with Crippen molar-refractivity contribution < 1.29 is 28.6 Å². The van der Waals surface area contributed by atoms with E-state index < -0.39 is 24.0 Å². The van der Waals surface area contributed by atoms with E-state index in [0.29, 0.717) is 17.1 Å². The second-order valence-corrected chi connectivity index (χ2v) is 9.60. The number of aromatic nitrogens is 1. The monoisotopic (exact) mass is 550 g/mol. The number of carbonyl (C=O) groups is 3. The average Bonchev–Trinajstić information content (AvgIpc) is 3.54. The summed E-state index contributed by atoms with van der Waals surface area (Å²) >= 11 is 6.05. The van der Waals surface area contributed by atoms with E-state index >= 15 is 0 Å². The van der Waals surface area contributed by atoms with E-state index in [1.807, 2.05) is 38.1 Å². The molecule has 4 aromatic rings. The normalized spacial score (nSPS) is 12.1. The van der Waals surface area contributed by atoms with Crippen LogP contribution in [-0.2, 0) is 16.0 Å². The summed E-state index contributed by atoms with van der Waals surface area (Å²) in [7, 11) is 0. The molecular weight excluding hydrogens is 524 g/mol. The number of nitrogens with zero attached hydrogens (tertiary/aromatic N) is 1. The summed E-state index contributed by atoms with van der Waals surface area (Å²) in [5.74, 6) is -0.749. The second-order valence-electron chi connectivity index (χ2n) is 9.19. The fourth-order valence-electron chi connectivity index (χ4n) is 3.81. The van der Waals surface area contributed by atoms with Crippen LogP contribution < -0.4 is 10.7 Å². The van der Waals surface area contributed by atoms with Crippen molar-refractivity contribution >= 4 is 46.7 Å². The number of hydrogen-bond donors (Lipinski definition) is 4. The number of benzene rings is 2. The number of H-pyrrole nitrogens is 1. The molecule has 0 fully saturated rings. The molecule has 0 radical (unpaired) electrons. The van der Waals surface area contributed by atoms with E-state index in [2.05, 4.69) is 20.8 Å². The molecule has 0 aliphatic carbocycles. The van der Waals surface area contributed by atoms with Crippen LogP contribution in [0, 0.1) is 5.92 Å². The number of fused-ring (bicyclic) bond motifs is 1. The Kier molecular flexibility index (Phi) is 8.67. The van der Waals surface area contributed by atoms with Gasteiger partial charge in [0.15, 0.2) is 0 Å². The Labute approximate surface area is 229 Å². The van der Waals surface area contributed by atoms with Gasteiger partial charge in [-0.2, -0.15) is 5.10 Å². The predicted octanol–water partition coefficient (Wildman–Crippen LogP) is 5.22. The number of hydrazone groups is 1. The van der Waals surface area contributed by atoms with Gasteiger partial charge in [-0.1, -0.05) is 49.7 Å². The number of ether oxygens (including phenoxy) is 1. The lowest BCUT2D eigenvalue weighted by atomic mass is 10.0. The van der Waals surface area contributed by atoms with Crippen molar-refractivity contribution in [1.29, 1.82) is 0 Å². The van der Waals surface area contributed by atoms with Crippen molar-refractivity contribution in [3.8, 4) is 11.3 Å². The number of halogens is 1. The van der Waals surface area contributed by atoms with Gasteiger partial charge in [-0.3, -0.25) is 4.79 Å². The highest BCUT2D eigenvalue weighted by Crippen LogP contribution is 2.27. The number of hydrogen-bond acceptors (Lipinski definition) is 6. The molecule has 2 aromatic heterocycles. The van der Waals surface area contributed by atoms with E-state index in [9.17, 15) is 14.4 Å². The number of carboxylic acids is 1. The summed E-state index contributed by atoms with van der Waals surface area (Å²) in [4.78, 5) is 39.7. The number of carboxylic acid groups (broad SMARTS) is 1. The standard InChI is InChI=1S/C28H27ClN4O6/c1-16(2)15-38-28(37)32-24(12-18-13-30-23-6-4-3-5-20(18)23)26(34)33-31-14-19-8-10-25(39-19)17-7-9-21(27(35)36)22(29)11-17/h3-11,13-14,16,24,30H,12,15H2,1-2H3,(H,32,37)(H,33,34)(H,35,36)/b31-14-/t24-/m0/s1. The largest absolute Gasteiger partial charge is 0.478 e. The number of aromatic amines is 1. The first-order valence-electron chi connectivity index (χ1n) is 12.2. The van der Waals surface area contributed by atoms with Crippen LogP contribution in [-0.4, -0.2) is 46.9 Å². The summed E-state index contributed by atoms with van der Waals surface area (Å²) < 4.78 is 10.9. The smallest absolute Gasteiger partial charge is 0.407 e. The van der Waals surface area contributed by atoms with Gasteiger partial charge in [0.25, 0.3) is 5.91 Å². The predicted molar refractivity (Wildman–Crippen MR) is 147 cm³/mol. The fraction of sp³-hybridized carbons (Fsp3) is 0.214. The molecule has 2 heterocycles. The first-order valence-corrected chi connectivity index (χ1v) is 12.5. The number of carbonyl (C=O) groups excluding carboxylic acids is 2. The van der Waals surface area contributed by atoms with Gasteiger partial charge in [0.05, 0.1) is 23.4 Å². The molecule has 0 saturated carbocycles. The average molecular weight is 551 g/mol. The highest BCUT2D eigenvalue weighted by molar-refractivity contribution is 6.33. The Balaban J connectivity index is 1.45. The van der Waals surface area contributed by atoms with Gasteiger partial charge in [0.1, 0.15) is 17.6 Å². The van der Waals surface area contributed by atoms with Crippen LogP contribution in [0.25, 0.3) is 22.2 Å². The third-order valence-electron chi connectivity index (χ3n) is 5.73. The minimum absolute atomic E-state index is 0.0136. The molecule has 2 amide bonds. The van der Waals surface area contributed by atoms with Gasteiger partial charge in [-0.15, -0.1) is 0 Å². The van der Waals surface area contributed by atoms with Crippen molar-refractivity contribution in [2.24, 2.45) is 11.0 Å². The van der Waals surface area contributed by atoms with E-state index in [0.717, 1.165) is 16.5 Å². The van der Waals surface area contributed by atoms with Crippen molar-refractivity contribution in [3.05, 3.63) is 82.7 Å². The maximum absolute atomic E-state index is 13.0. The van der Waals surface area contributed by atoms with Crippen molar-refractivity contribution in [3.63, 3.8) is 0 Å². The van der Waals surface area contributed by atoms with Gasteiger partial charge in [-0.05, 0) is 41.8 Å². The number of nitrogens with one attached hydrogen (secondary N) is 3. The Hall–Kier alpha value is -4.57. The molecule has 0 aliphatic rings. The van der Waals surface area contributed by atoms with E-state index in [1.165, 1.54) is 18.3 Å². The quantitative estimate of drug-likeness (QED) is 0.157. The molecule has 10 nitrogen and oxygen atoms in total. The maximum atomic E-state index is 13.0. The van der Waals surface area contributed by atoms with Crippen LogP contribution in [0.2, 0.25) is 5.02 Å². The number of furan rings is 1. The Bertz CT molecular complexity index is 1520. The minimum atomic E-state index is -1.12. The number of rotatable bonds is 10. The third-order valence-corrected chi connectivity index (χ3v) is 6.05. The zero-order chi connectivity index (χ0) is 27.9. The molecule has 202 valence electrons. The number of para-hydroxylation sites is 1. The topological polar surface area (TPSA) is 146 Å². The molecular formula is C28H27ClN4O6. The fourth-order valence-corrected chi connectivity index (χ4v) is 4.07. The van der Waals surface area contributed by atoms with Gasteiger partial charge in [0.2, 0.25) is 0 Å². The van der Waals surface area contributed by atoms with Crippen LogP contribution in [0.1, 0.15) is 35.5 Å². The Morgan fingerprint density at radius 1 is 1.15 bits per heavy atom. The summed E-state index contributed by atoms with van der Waals surface area (Å²) in [5.41, 5.74) is 4.78. The Morgan fingerprint density at radius 3 is 2.69 bits per heavy atom. The molecule has 0 saturated heterocycles. The molecule has 4 N–H and O–H groups in total. The second kappa shape index (κ2) is 12.3. The molecule has 0 bridgehead atoms. The first-order chi connectivity index (χ1) is 18.7. The maximum Gasteiger partial charge on any atom is 0.407 e. The molecule has 2 aromatic carbocycles. The number of amides is 2. The molecule has 0 aliphatic heterocycles. The highest BCUT2D eigenvalue weighted by Gasteiger charge is 2.23. The molecule has 39 heavy (non-hydrogen) atoms. The van der Waals surface area contributed by atoms with Gasteiger partial charge in [0, 0.05) is 29.1 Å². The van der Waals surface area contributed by atoms with Crippen LogP contribution in [0.3, 0.4) is 0 Å². The van der Waals surface area contributed by atoms with Crippen LogP contribution in [0.15, 0.2) is 70.3 Å². The summed E-state index contributed by atoms with van der Waals surface area (Å²) in [6.07, 6.45) is 2.62. The zero-order valence-electron chi connectivity index (χ0n) is 21.2. The summed E-state index contributed by atoms with van der Waals surface area (Å²) in [5, 5.41) is 16.8. The van der Waals surface area contributed by atoms with Crippen molar-refractivity contribution in [2.75, 3.05) is 6.61 Å². The van der Waals surface area contributed by atoms with Gasteiger partial charge >= 0.3 is 12.1 Å². The molecule has 1 atom stereocenters. The van der Waals surface area contributed by atoms with E-state index in [-0.39, 0.29) is 29.5 Å². The van der Waals surface area contributed by atoms with E-state index in [4.69, 9.17) is 25.9 Å². The zero-order valence-corrected chi connectivity index (χ0v) is 22.0. The first kappa shape index (κ1) is 27.5. The van der Waals surface area contributed by atoms with E-state index in [1.54, 1.807) is 24.4 Å². The lowest BCUT2D eigenvalue weighted by molar-refractivity contribution is -0.123. The lowest BCUT2D eigenvalue weighted by Crippen LogP contribution is -2.47. The number of aromatic carboxylic acids is 1. The van der Waals surface area contributed by atoms with Crippen molar-refractivity contribution in [2.45, 2.75) is 26.3 Å². The molecule has 0 unspecified atom stereocenters. The van der Waals surface area contributed by atoms with Gasteiger partial charge < -0.3 is 24.6 Å². The van der Waals surface area contributed by atoms with Crippen LogP contribution in [0.5, 0.6) is 0 Å². The van der Waals surface area contributed by atoms with Crippen LogP contribution in [0.4, 0.5) is 4.79 Å². The third kappa shape index (κ3) is 7.05. The lowest BCUT2D eigenvalue weighted by Gasteiger charge is -2.17. The Morgan fingerprint density at radius 2 is 1.95 bits per heavy atom. The highest BCUT2D eigenvalue weighted by atomic mass is 35.5. The van der Waals surface area contributed by atoms with Crippen molar-refractivity contribution in [1.82, 2.24) is 15.7 Å². The molecule has 11 heteroatoms. The molecule has 4 rings (SSSR count). The summed E-state index contributed by atoms with van der Waals surface area (Å²) in [6.45, 7) is 4.05. The minimum Gasteiger partial charge on any atom is -0.478 e. The van der Waals surface area contributed by atoms with Crippen LogP contribution >= 0.6 is 11.6 Å². The summed E-state index contributed by atoms with van der Waals surface area (Å²) in [6, 6.07) is 14.5. The number of alkyl carbamates (subject to hydrolysis) is 1. The van der Waals surface area contributed by atoms with Gasteiger partial charge in [-0.25, -0.2) is 15.0 Å². The SMILES string of the molecule is CC(C)COC(=O)N[C@@H](Cc1c[nH]c2ccccc12)C(=O)N/N=C\c1ccc(-c2ccc(C(=O)O)c(Cl)c2)o1. The molecule has 0 spiro atoms.